The first-order valence-electron chi connectivity index (χ1n) is 6.20. The molecule has 0 unspecified atom stereocenters. The van der Waals surface area contributed by atoms with E-state index in [4.69, 9.17) is 0 Å². The first-order chi connectivity index (χ1) is 8.77. The van der Waals surface area contributed by atoms with Gasteiger partial charge in [0.15, 0.2) is 0 Å². The number of hydrogen-bond donors (Lipinski definition) is 0. The molecule has 0 aliphatic rings. The van der Waals surface area contributed by atoms with E-state index in [1.165, 1.54) is 20.5 Å². The molecule has 1 nitrogen and oxygen atoms in total. The van der Waals surface area contributed by atoms with Crippen molar-refractivity contribution in [2.45, 2.75) is 19.8 Å². The topological polar surface area (TPSA) is 12.9 Å². The van der Waals surface area contributed by atoms with Gasteiger partial charge in [-0.1, -0.05) is 38.1 Å². The summed E-state index contributed by atoms with van der Waals surface area (Å²) in [5.74, 6) is 0.512. The van der Waals surface area contributed by atoms with Gasteiger partial charge in [0.05, 0.1) is 10.6 Å². The molecule has 3 rings (SSSR count). The smallest absolute Gasteiger partial charge is 0.0805 e. The van der Waals surface area contributed by atoms with Crippen LogP contribution in [0.5, 0.6) is 0 Å². The SMILES string of the molecule is CC(C)c1c(-c2ccccn2)sc2ccccc12. The Morgan fingerprint density at radius 3 is 2.50 bits per heavy atom. The fourth-order valence-corrected chi connectivity index (χ4v) is 3.66. The summed E-state index contributed by atoms with van der Waals surface area (Å²) in [7, 11) is 0. The molecule has 2 aromatic heterocycles. The van der Waals surface area contributed by atoms with E-state index in [9.17, 15) is 0 Å². The Kier molecular flexibility index (Phi) is 2.88. The zero-order valence-electron chi connectivity index (χ0n) is 10.6. The van der Waals surface area contributed by atoms with Crippen LogP contribution in [0.15, 0.2) is 48.7 Å². The van der Waals surface area contributed by atoms with Crippen molar-refractivity contribution in [3.63, 3.8) is 0 Å². The quantitative estimate of drug-likeness (QED) is 0.620. The van der Waals surface area contributed by atoms with Crippen LogP contribution in [0.3, 0.4) is 0 Å². The number of hydrogen-bond acceptors (Lipinski definition) is 2. The molecule has 90 valence electrons. The van der Waals surface area contributed by atoms with Crippen molar-refractivity contribution in [3.05, 3.63) is 54.2 Å². The summed E-state index contributed by atoms with van der Waals surface area (Å²) >= 11 is 1.84. The van der Waals surface area contributed by atoms with Gasteiger partial charge < -0.3 is 0 Å². The molecule has 1 aromatic carbocycles. The minimum absolute atomic E-state index is 0.512. The number of rotatable bonds is 2. The van der Waals surface area contributed by atoms with E-state index in [2.05, 4.69) is 55.2 Å². The van der Waals surface area contributed by atoms with Crippen LogP contribution in [0.25, 0.3) is 20.7 Å². The van der Waals surface area contributed by atoms with E-state index >= 15 is 0 Å². The van der Waals surface area contributed by atoms with E-state index < -0.39 is 0 Å². The van der Waals surface area contributed by atoms with Crippen LogP contribution in [-0.2, 0) is 0 Å². The number of benzene rings is 1. The molecular formula is C16H15NS. The highest BCUT2D eigenvalue weighted by molar-refractivity contribution is 7.22. The Hall–Kier alpha value is -1.67. The third kappa shape index (κ3) is 1.83. The molecule has 0 N–H and O–H groups in total. The number of aromatic nitrogens is 1. The second-order valence-corrected chi connectivity index (χ2v) is 5.76. The van der Waals surface area contributed by atoms with E-state index in [-0.39, 0.29) is 0 Å². The second-order valence-electron chi connectivity index (χ2n) is 4.71. The molecule has 0 atom stereocenters. The summed E-state index contributed by atoms with van der Waals surface area (Å²) in [5.41, 5.74) is 2.51. The Balaban J connectivity index is 2.32. The van der Waals surface area contributed by atoms with Crippen LogP contribution in [-0.4, -0.2) is 4.98 Å². The average molecular weight is 253 g/mol. The maximum atomic E-state index is 4.50. The van der Waals surface area contributed by atoms with Crippen LogP contribution in [0.2, 0.25) is 0 Å². The monoisotopic (exact) mass is 253 g/mol. The van der Waals surface area contributed by atoms with Crippen molar-refractivity contribution >= 4 is 21.4 Å². The lowest BCUT2D eigenvalue weighted by Gasteiger charge is -2.07. The standard InChI is InChI=1S/C16H15NS/c1-11(2)15-12-7-3-4-9-14(12)18-16(15)13-8-5-6-10-17-13/h3-11H,1-2H3. The van der Waals surface area contributed by atoms with Crippen LogP contribution in [0, 0.1) is 0 Å². The zero-order chi connectivity index (χ0) is 12.5. The van der Waals surface area contributed by atoms with Gasteiger partial charge in [-0.2, -0.15) is 0 Å². The molecule has 3 aromatic rings. The molecule has 0 fully saturated rings. The summed E-state index contributed by atoms with van der Waals surface area (Å²) in [6.45, 7) is 4.50. The first-order valence-corrected chi connectivity index (χ1v) is 7.02. The molecule has 0 aliphatic heterocycles. The van der Waals surface area contributed by atoms with Crippen LogP contribution >= 0.6 is 11.3 Å². The minimum atomic E-state index is 0.512. The Bertz CT molecular complexity index is 668. The van der Waals surface area contributed by atoms with Gasteiger partial charge in [-0.25, -0.2) is 0 Å². The highest BCUT2D eigenvalue weighted by Crippen LogP contribution is 2.41. The van der Waals surface area contributed by atoms with E-state index in [0.717, 1.165) is 5.69 Å². The summed E-state index contributed by atoms with van der Waals surface area (Å²) in [6, 6.07) is 14.7. The largest absolute Gasteiger partial charge is 0.255 e. The summed E-state index contributed by atoms with van der Waals surface area (Å²) in [6.07, 6.45) is 1.86. The predicted octanol–water partition coefficient (Wildman–Crippen LogP) is 5.09. The average Bonchev–Trinajstić information content (AvgIpc) is 2.79. The molecular weight excluding hydrogens is 238 g/mol. The lowest BCUT2D eigenvalue weighted by atomic mass is 9.98. The molecule has 18 heavy (non-hydrogen) atoms. The van der Waals surface area contributed by atoms with Crippen molar-refractivity contribution in [1.29, 1.82) is 0 Å². The van der Waals surface area contributed by atoms with Gasteiger partial charge in [-0.3, -0.25) is 4.98 Å². The molecule has 0 saturated heterocycles. The van der Waals surface area contributed by atoms with E-state index in [1.807, 2.05) is 23.6 Å². The summed E-state index contributed by atoms with van der Waals surface area (Å²) in [5, 5.41) is 1.37. The molecule has 0 saturated carbocycles. The minimum Gasteiger partial charge on any atom is -0.255 e. The van der Waals surface area contributed by atoms with Gasteiger partial charge in [-0.15, -0.1) is 11.3 Å². The van der Waals surface area contributed by atoms with Crippen LogP contribution < -0.4 is 0 Å². The van der Waals surface area contributed by atoms with Crippen molar-refractivity contribution in [2.75, 3.05) is 0 Å². The first kappa shape index (κ1) is 11.4. The molecule has 0 amide bonds. The molecule has 2 heterocycles. The van der Waals surface area contributed by atoms with Crippen LogP contribution in [0.4, 0.5) is 0 Å². The van der Waals surface area contributed by atoms with Gasteiger partial charge in [-0.05, 0) is 35.1 Å². The lowest BCUT2D eigenvalue weighted by Crippen LogP contribution is -1.89. The van der Waals surface area contributed by atoms with Gasteiger partial charge in [0.1, 0.15) is 0 Å². The van der Waals surface area contributed by atoms with Gasteiger partial charge >= 0.3 is 0 Å². The number of fused-ring (bicyclic) bond motifs is 1. The molecule has 0 radical (unpaired) electrons. The van der Waals surface area contributed by atoms with E-state index in [0.29, 0.717) is 5.92 Å². The number of thiophene rings is 1. The number of nitrogens with zero attached hydrogens (tertiary/aromatic N) is 1. The molecule has 0 bridgehead atoms. The highest BCUT2D eigenvalue weighted by Gasteiger charge is 2.16. The summed E-state index contributed by atoms with van der Waals surface area (Å²) < 4.78 is 1.35. The molecule has 0 aliphatic carbocycles. The maximum absolute atomic E-state index is 4.50. The molecule has 2 heteroatoms. The Morgan fingerprint density at radius 2 is 1.78 bits per heavy atom. The normalized spacial score (nSPS) is 11.3. The van der Waals surface area contributed by atoms with Gasteiger partial charge in [0.2, 0.25) is 0 Å². The lowest BCUT2D eigenvalue weighted by molar-refractivity contribution is 0.881. The fraction of sp³-hybridized carbons (Fsp3) is 0.188. The van der Waals surface area contributed by atoms with Crippen LogP contribution in [0.1, 0.15) is 25.3 Å². The van der Waals surface area contributed by atoms with Crippen molar-refractivity contribution < 1.29 is 0 Å². The van der Waals surface area contributed by atoms with E-state index in [1.54, 1.807) is 0 Å². The predicted molar refractivity (Wildman–Crippen MR) is 79.1 cm³/mol. The summed E-state index contributed by atoms with van der Waals surface area (Å²) in [4.78, 5) is 5.81. The second kappa shape index (κ2) is 4.54. The number of pyridine rings is 1. The Morgan fingerprint density at radius 1 is 1.00 bits per heavy atom. The van der Waals surface area contributed by atoms with Gasteiger partial charge in [0, 0.05) is 10.9 Å². The zero-order valence-corrected chi connectivity index (χ0v) is 11.4. The highest BCUT2D eigenvalue weighted by atomic mass is 32.1. The maximum Gasteiger partial charge on any atom is 0.0805 e. The third-order valence-corrected chi connectivity index (χ3v) is 4.32. The third-order valence-electron chi connectivity index (χ3n) is 3.11. The van der Waals surface area contributed by atoms with Crippen molar-refractivity contribution in [2.24, 2.45) is 0 Å². The van der Waals surface area contributed by atoms with Crippen molar-refractivity contribution in [3.8, 4) is 10.6 Å². The fourth-order valence-electron chi connectivity index (χ4n) is 2.33. The van der Waals surface area contributed by atoms with Crippen molar-refractivity contribution in [1.82, 2.24) is 4.98 Å². The van der Waals surface area contributed by atoms with Gasteiger partial charge in [0.25, 0.3) is 0 Å². The Labute approximate surface area is 111 Å². The molecule has 0 spiro atoms.